The number of hydrogen-bond donors (Lipinski definition) is 0. The van der Waals surface area contributed by atoms with Crippen LogP contribution in [0.5, 0.6) is 0 Å². The molecule has 0 fully saturated rings. The van der Waals surface area contributed by atoms with Crippen molar-refractivity contribution in [3.05, 3.63) is 46.7 Å². The quantitative estimate of drug-likeness (QED) is 0.686. The number of halogens is 2. The highest BCUT2D eigenvalue weighted by atomic mass is 79.9. The van der Waals surface area contributed by atoms with E-state index in [2.05, 4.69) is 36.5 Å². The van der Waals surface area contributed by atoms with Crippen molar-refractivity contribution in [1.82, 2.24) is 19.1 Å². The Balaban J connectivity index is 2.15. The van der Waals surface area contributed by atoms with Gasteiger partial charge in [-0.25, -0.2) is 9.97 Å². The molecule has 3 aromatic rings. The summed E-state index contributed by atoms with van der Waals surface area (Å²) >= 11 is 9.50. The molecular formula is C13H12BrClN4. The molecule has 3 rings (SSSR count). The van der Waals surface area contributed by atoms with Crippen LogP contribution in [0.15, 0.2) is 35.1 Å². The van der Waals surface area contributed by atoms with Crippen molar-refractivity contribution in [2.24, 2.45) is 7.05 Å². The molecule has 1 aromatic carbocycles. The van der Waals surface area contributed by atoms with Crippen molar-refractivity contribution < 1.29 is 0 Å². The monoisotopic (exact) mass is 338 g/mol. The van der Waals surface area contributed by atoms with Gasteiger partial charge >= 0.3 is 0 Å². The predicted octanol–water partition coefficient (Wildman–Crippen LogP) is 3.32. The van der Waals surface area contributed by atoms with E-state index < -0.39 is 0 Å². The second-order valence-electron chi connectivity index (χ2n) is 4.34. The van der Waals surface area contributed by atoms with Gasteiger partial charge in [0, 0.05) is 23.9 Å². The minimum Gasteiger partial charge on any atom is -0.337 e. The summed E-state index contributed by atoms with van der Waals surface area (Å²) in [7, 11) is 1.98. The number of benzene rings is 1. The van der Waals surface area contributed by atoms with Crippen LogP contribution in [-0.2, 0) is 19.5 Å². The number of aromatic nitrogens is 4. The molecule has 6 heteroatoms. The van der Waals surface area contributed by atoms with Gasteiger partial charge in [0.05, 0.1) is 23.5 Å². The van der Waals surface area contributed by atoms with Crippen LogP contribution in [0.3, 0.4) is 0 Å². The van der Waals surface area contributed by atoms with E-state index in [0.717, 1.165) is 27.2 Å². The maximum Gasteiger partial charge on any atom is 0.128 e. The number of imidazole rings is 2. The van der Waals surface area contributed by atoms with E-state index in [1.165, 1.54) is 0 Å². The van der Waals surface area contributed by atoms with Crippen molar-refractivity contribution in [2.75, 3.05) is 0 Å². The second kappa shape index (κ2) is 4.98. The summed E-state index contributed by atoms with van der Waals surface area (Å²) in [5.41, 5.74) is 2.01. The summed E-state index contributed by atoms with van der Waals surface area (Å²) in [5, 5.41) is 0. The number of nitrogens with zero attached hydrogens (tertiary/aromatic N) is 4. The SMILES string of the molecule is Cn1ccnc1Cn1c(CCl)nc2ccc(Br)cc21. The molecule has 0 aliphatic rings. The average Bonchev–Trinajstić information content (AvgIpc) is 2.95. The van der Waals surface area contributed by atoms with Gasteiger partial charge in [0.1, 0.15) is 11.6 Å². The molecular weight excluding hydrogens is 328 g/mol. The van der Waals surface area contributed by atoms with E-state index in [4.69, 9.17) is 11.6 Å². The molecule has 98 valence electrons. The minimum atomic E-state index is 0.386. The molecule has 0 spiro atoms. The third-order valence-electron chi connectivity index (χ3n) is 3.13. The number of hydrogen-bond acceptors (Lipinski definition) is 2. The van der Waals surface area contributed by atoms with Gasteiger partial charge < -0.3 is 9.13 Å². The lowest BCUT2D eigenvalue weighted by Crippen LogP contribution is -2.08. The molecule has 2 heterocycles. The van der Waals surface area contributed by atoms with Gasteiger partial charge in [0.25, 0.3) is 0 Å². The first-order chi connectivity index (χ1) is 9.19. The van der Waals surface area contributed by atoms with Crippen LogP contribution >= 0.6 is 27.5 Å². The lowest BCUT2D eigenvalue weighted by molar-refractivity contribution is 0.693. The molecule has 0 saturated carbocycles. The Morgan fingerprint density at radius 2 is 2.16 bits per heavy atom. The summed E-state index contributed by atoms with van der Waals surface area (Å²) < 4.78 is 5.14. The van der Waals surface area contributed by atoms with Crippen molar-refractivity contribution in [2.45, 2.75) is 12.4 Å². The fourth-order valence-electron chi connectivity index (χ4n) is 2.11. The van der Waals surface area contributed by atoms with Crippen LogP contribution in [0.2, 0.25) is 0 Å². The molecule has 0 aliphatic heterocycles. The van der Waals surface area contributed by atoms with Crippen LogP contribution in [0.4, 0.5) is 0 Å². The van der Waals surface area contributed by atoms with Gasteiger partial charge in [0.2, 0.25) is 0 Å². The molecule has 0 radical (unpaired) electrons. The van der Waals surface area contributed by atoms with E-state index >= 15 is 0 Å². The smallest absolute Gasteiger partial charge is 0.128 e. The number of aryl methyl sites for hydroxylation is 1. The van der Waals surface area contributed by atoms with Crippen LogP contribution < -0.4 is 0 Å². The summed E-state index contributed by atoms with van der Waals surface area (Å²) in [6.07, 6.45) is 3.73. The molecule has 19 heavy (non-hydrogen) atoms. The molecule has 0 bridgehead atoms. The van der Waals surface area contributed by atoms with Crippen molar-refractivity contribution in [3.8, 4) is 0 Å². The lowest BCUT2D eigenvalue weighted by Gasteiger charge is -2.07. The Morgan fingerprint density at radius 1 is 1.32 bits per heavy atom. The van der Waals surface area contributed by atoms with Crippen molar-refractivity contribution in [3.63, 3.8) is 0 Å². The first kappa shape index (κ1) is 12.7. The molecule has 0 saturated heterocycles. The van der Waals surface area contributed by atoms with Crippen LogP contribution in [0.25, 0.3) is 11.0 Å². The fourth-order valence-corrected chi connectivity index (χ4v) is 2.67. The average molecular weight is 340 g/mol. The predicted molar refractivity (Wildman–Crippen MR) is 79.3 cm³/mol. The van der Waals surface area contributed by atoms with Crippen LogP contribution in [0, 0.1) is 0 Å². The van der Waals surface area contributed by atoms with E-state index in [1.54, 1.807) is 6.20 Å². The number of alkyl halides is 1. The Kier molecular flexibility index (Phi) is 3.33. The topological polar surface area (TPSA) is 35.6 Å². The lowest BCUT2D eigenvalue weighted by atomic mass is 10.3. The molecule has 0 amide bonds. The highest BCUT2D eigenvalue weighted by Crippen LogP contribution is 2.22. The maximum atomic E-state index is 6.00. The van der Waals surface area contributed by atoms with Gasteiger partial charge in [-0.15, -0.1) is 11.6 Å². The Hall–Kier alpha value is -1.33. The van der Waals surface area contributed by atoms with Crippen LogP contribution in [-0.4, -0.2) is 19.1 Å². The molecule has 0 atom stereocenters. The number of rotatable bonds is 3. The van der Waals surface area contributed by atoms with Gasteiger partial charge in [-0.3, -0.25) is 0 Å². The largest absolute Gasteiger partial charge is 0.337 e. The Bertz CT molecular complexity index is 731. The van der Waals surface area contributed by atoms with Crippen molar-refractivity contribution in [1.29, 1.82) is 0 Å². The zero-order valence-electron chi connectivity index (χ0n) is 10.3. The first-order valence-corrected chi connectivity index (χ1v) is 7.18. The highest BCUT2D eigenvalue weighted by molar-refractivity contribution is 9.10. The molecule has 4 nitrogen and oxygen atoms in total. The standard InChI is InChI=1S/C13H12BrClN4/c1-18-5-4-16-13(18)8-19-11-6-9(14)2-3-10(11)17-12(19)7-15/h2-6H,7-8H2,1H3. The minimum absolute atomic E-state index is 0.386. The van der Waals surface area contributed by atoms with Gasteiger partial charge in [-0.1, -0.05) is 15.9 Å². The second-order valence-corrected chi connectivity index (χ2v) is 5.52. The number of fused-ring (bicyclic) bond motifs is 1. The third kappa shape index (κ3) is 2.28. The summed E-state index contributed by atoms with van der Waals surface area (Å²) in [4.78, 5) is 8.91. The maximum absolute atomic E-state index is 6.00. The highest BCUT2D eigenvalue weighted by Gasteiger charge is 2.12. The Labute approximate surface area is 124 Å². The van der Waals surface area contributed by atoms with E-state index in [0.29, 0.717) is 12.4 Å². The van der Waals surface area contributed by atoms with E-state index in [-0.39, 0.29) is 0 Å². The normalized spacial score (nSPS) is 11.3. The molecule has 2 aromatic heterocycles. The first-order valence-electron chi connectivity index (χ1n) is 5.86. The molecule has 0 unspecified atom stereocenters. The van der Waals surface area contributed by atoms with Gasteiger partial charge in [0.15, 0.2) is 0 Å². The third-order valence-corrected chi connectivity index (χ3v) is 3.86. The zero-order chi connectivity index (χ0) is 13.4. The molecule has 0 N–H and O–H groups in total. The van der Waals surface area contributed by atoms with Crippen molar-refractivity contribution >= 4 is 38.6 Å². The van der Waals surface area contributed by atoms with Gasteiger partial charge in [-0.2, -0.15) is 0 Å². The Morgan fingerprint density at radius 3 is 2.84 bits per heavy atom. The summed E-state index contributed by atoms with van der Waals surface area (Å²) in [6, 6.07) is 6.03. The van der Waals surface area contributed by atoms with Gasteiger partial charge in [-0.05, 0) is 18.2 Å². The van der Waals surface area contributed by atoms with E-state index in [1.807, 2.05) is 29.9 Å². The molecule has 0 aliphatic carbocycles. The summed E-state index contributed by atoms with van der Waals surface area (Å²) in [6.45, 7) is 0.665. The van der Waals surface area contributed by atoms with E-state index in [9.17, 15) is 0 Å². The zero-order valence-corrected chi connectivity index (χ0v) is 12.7. The fraction of sp³-hybridized carbons (Fsp3) is 0.231. The summed E-state index contributed by atoms with van der Waals surface area (Å²) in [5.74, 6) is 2.22. The van der Waals surface area contributed by atoms with Crippen LogP contribution in [0.1, 0.15) is 11.6 Å².